The lowest BCUT2D eigenvalue weighted by Crippen LogP contribution is -2.55. The van der Waals surface area contributed by atoms with E-state index in [1.54, 1.807) is 0 Å². The number of rotatable bonds is 4. The van der Waals surface area contributed by atoms with Crippen LogP contribution in [0.3, 0.4) is 0 Å². The molecule has 8 nitrogen and oxygen atoms in total. The number of likely N-dealkylation sites (tertiary alicyclic amines) is 1. The van der Waals surface area contributed by atoms with Gasteiger partial charge in [-0.05, 0) is 30.7 Å². The minimum atomic E-state index is -0.787. The normalized spacial score (nSPS) is 32.0. The van der Waals surface area contributed by atoms with E-state index in [0.29, 0.717) is 5.92 Å². The number of ketones is 1. The van der Waals surface area contributed by atoms with Crippen molar-refractivity contribution in [2.24, 2.45) is 11.8 Å². The number of hydrogen-bond acceptors (Lipinski definition) is 5. The molecule has 1 saturated carbocycles. The van der Waals surface area contributed by atoms with E-state index in [0.717, 1.165) is 25.7 Å². The molecule has 9 heteroatoms. The lowest BCUT2D eigenvalue weighted by molar-refractivity contribution is -0.139. The molecule has 0 unspecified atom stereocenters. The second kappa shape index (κ2) is 8.51. The molecule has 3 aliphatic rings. The van der Waals surface area contributed by atoms with Gasteiger partial charge in [-0.2, -0.15) is 0 Å². The van der Waals surface area contributed by atoms with Gasteiger partial charge in [0.1, 0.15) is 30.5 Å². The number of Topliss-reactive ketones (excluding diaryl/α,β-unsaturated/α-hetero) is 1. The molecule has 2 aliphatic heterocycles. The first-order valence-corrected chi connectivity index (χ1v) is 10.9. The molecule has 162 valence electrons. The van der Waals surface area contributed by atoms with E-state index in [1.807, 2.05) is 0 Å². The third kappa shape index (κ3) is 4.03. The van der Waals surface area contributed by atoms with Crippen LogP contribution in [0.4, 0.5) is 0 Å². The molecule has 0 aromatic carbocycles. The summed E-state index contributed by atoms with van der Waals surface area (Å²) in [5.74, 6) is -0.453. The van der Waals surface area contributed by atoms with E-state index in [2.05, 4.69) is 17.2 Å². The Morgan fingerprint density at radius 2 is 1.97 bits per heavy atom. The molecule has 4 atom stereocenters. The molecule has 0 bridgehead atoms. The zero-order chi connectivity index (χ0) is 21.4. The van der Waals surface area contributed by atoms with Crippen LogP contribution in [0.2, 0.25) is 0 Å². The molecular weight excluding hydrogens is 410 g/mol. The molecule has 2 saturated heterocycles. The van der Waals surface area contributed by atoms with Gasteiger partial charge < -0.3 is 19.9 Å². The summed E-state index contributed by atoms with van der Waals surface area (Å²) in [5, 5.41) is 2.38. The van der Waals surface area contributed by atoms with E-state index >= 15 is 0 Å². The molecule has 3 heterocycles. The first-order valence-electron chi connectivity index (χ1n) is 10.4. The molecule has 1 aliphatic carbocycles. The maximum atomic E-state index is 13.6. The van der Waals surface area contributed by atoms with Crippen LogP contribution < -0.4 is 10.9 Å². The van der Waals surface area contributed by atoms with Crippen molar-refractivity contribution in [2.75, 3.05) is 13.2 Å². The van der Waals surface area contributed by atoms with Crippen molar-refractivity contribution >= 4 is 29.2 Å². The summed E-state index contributed by atoms with van der Waals surface area (Å²) in [7, 11) is 0. The zero-order valence-electron chi connectivity index (χ0n) is 16.8. The van der Waals surface area contributed by atoms with E-state index in [9.17, 15) is 19.2 Å². The first kappa shape index (κ1) is 21.1. The van der Waals surface area contributed by atoms with Crippen LogP contribution in [0, 0.1) is 11.8 Å². The topological polar surface area (TPSA) is 109 Å². The first-order chi connectivity index (χ1) is 14.3. The van der Waals surface area contributed by atoms with Gasteiger partial charge in [-0.15, -0.1) is 11.6 Å². The smallest absolute Gasteiger partial charge is 0.268 e. The second-order valence-electron chi connectivity index (χ2n) is 8.59. The number of H-pyrrole nitrogens is 1. The maximum absolute atomic E-state index is 13.6. The maximum Gasteiger partial charge on any atom is 0.268 e. The number of carbonyl (C=O) groups is 3. The summed E-state index contributed by atoms with van der Waals surface area (Å²) in [6.45, 7) is 2.34. The number of carbonyl (C=O) groups excluding carboxylic acids is 3. The van der Waals surface area contributed by atoms with Crippen LogP contribution >= 0.6 is 11.6 Å². The number of aromatic amines is 1. The van der Waals surface area contributed by atoms with Gasteiger partial charge in [0.15, 0.2) is 5.78 Å². The van der Waals surface area contributed by atoms with Crippen molar-refractivity contribution in [3.05, 3.63) is 34.2 Å². The number of amides is 2. The van der Waals surface area contributed by atoms with Gasteiger partial charge in [0.25, 0.3) is 5.91 Å². The number of nitrogens with one attached hydrogen (secondary N) is 2. The number of pyridine rings is 1. The molecule has 2 N–H and O–H groups in total. The van der Waals surface area contributed by atoms with E-state index in [4.69, 9.17) is 16.3 Å². The van der Waals surface area contributed by atoms with Crippen LogP contribution in [0.15, 0.2) is 23.0 Å². The molecule has 2 amide bonds. The van der Waals surface area contributed by atoms with Gasteiger partial charge >= 0.3 is 0 Å². The van der Waals surface area contributed by atoms with E-state index in [1.165, 1.54) is 23.1 Å². The average molecular weight is 436 g/mol. The number of fused-ring (bicyclic) bond motifs is 1. The fourth-order valence-corrected chi connectivity index (χ4v) is 5.16. The molecule has 0 spiro atoms. The summed E-state index contributed by atoms with van der Waals surface area (Å²) in [6.07, 6.45) is 3.05. The van der Waals surface area contributed by atoms with Crippen molar-refractivity contribution in [1.29, 1.82) is 0 Å². The Balaban J connectivity index is 1.58. The van der Waals surface area contributed by atoms with Crippen LogP contribution in [0.5, 0.6) is 0 Å². The molecular formula is C21H26ClN3O5. The number of aromatic nitrogens is 1. The average Bonchev–Trinajstić information content (AvgIpc) is 3.27. The molecule has 1 aromatic heterocycles. The highest BCUT2D eigenvalue weighted by Crippen LogP contribution is 2.35. The van der Waals surface area contributed by atoms with Crippen molar-refractivity contribution in [1.82, 2.24) is 15.2 Å². The van der Waals surface area contributed by atoms with Crippen LogP contribution in [0.1, 0.15) is 43.1 Å². The SMILES string of the molecule is CC1CCC([C@H](NC(=O)c2cccc(=O)[nH]2)C(=O)N2C[C@H](Cl)[C@H]3OCC(=O)[C@H]32)CC1. The molecule has 0 radical (unpaired) electrons. The summed E-state index contributed by atoms with van der Waals surface area (Å²) in [6, 6.07) is 2.82. The monoisotopic (exact) mass is 435 g/mol. The fraction of sp³-hybridized carbons (Fsp3) is 0.619. The third-order valence-corrected chi connectivity index (χ3v) is 6.89. The highest BCUT2D eigenvalue weighted by molar-refractivity contribution is 6.22. The highest BCUT2D eigenvalue weighted by atomic mass is 35.5. The summed E-state index contributed by atoms with van der Waals surface area (Å²) < 4.78 is 5.48. The summed E-state index contributed by atoms with van der Waals surface area (Å²) in [4.78, 5) is 54.3. The van der Waals surface area contributed by atoms with Gasteiger partial charge in [-0.25, -0.2) is 0 Å². The third-order valence-electron chi connectivity index (χ3n) is 6.50. The van der Waals surface area contributed by atoms with Gasteiger partial charge in [0, 0.05) is 12.6 Å². The van der Waals surface area contributed by atoms with E-state index < -0.39 is 35.0 Å². The molecule has 4 rings (SSSR count). The van der Waals surface area contributed by atoms with Gasteiger partial charge in [0.05, 0.1) is 5.38 Å². The number of hydrogen-bond donors (Lipinski definition) is 2. The van der Waals surface area contributed by atoms with E-state index in [-0.39, 0.29) is 36.5 Å². The highest BCUT2D eigenvalue weighted by Gasteiger charge is 2.53. The lowest BCUT2D eigenvalue weighted by Gasteiger charge is -2.35. The zero-order valence-corrected chi connectivity index (χ0v) is 17.6. The molecule has 30 heavy (non-hydrogen) atoms. The van der Waals surface area contributed by atoms with Crippen molar-refractivity contribution in [3.63, 3.8) is 0 Å². The van der Waals surface area contributed by atoms with Gasteiger partial charge in [0.2, 0.25) is 11.5 Å². The summed E-state index contributed by atoms with van der Waals surface area (Å²) in [5.41, 5.74) is -0.294. The Hall–Kier alpha value is -2.19. The lowest BCUT2D eigenvalue weighted by atomic mass is 9.78. The molecule has 3 fully saturated rings. The van der Waals surface area contributed by atoms with Gasteiger partial charge in [-0.3, -0.25) is 19.2 Å². The summed E-state index contributed by atoms with van der Waals surface area (Å²) >= 11 is 6.35. The second-order valence-corrected chi connectivity index (χ2v) is 9.15. The Morgan fingerprint density at radius 1 is 1.23 bits per heavy atom. The standard InChI is InChI=1S/C21H26ClN3O5/c1-11-5-7-12(8-6-11)17(24-20(28)14-3-2-4-16(27)23-14)21(29)25-9-13(22)19-18(25)15(26)10-30-19/h2-4,11-13,17-19H,5-10H2,1H3,(H,23,27)(H,24,28)/t11?,12?,13-,17-,18+,19+/m0/s1. The fourth-order valence-electron chi connectivity index (χ4n) is 4.80. The quantitative estimate of drug-likeness (QED) is 0.688. The van der Waals surface area contributed by atoms with Crippen LogP contribution in [0.25, 0.3) is 0 Å². The minimum absolute atomic E-state index is 0.0432. The minimum Gasteiger partial charge on any atom is -0.366 e. The Bertz CT molecular complexity index is 895. The number of nitrogens with zero attached hydrogens (tertiary/aromatic N) is 1. The largest absolute Gasteiger partial charge is 0.366 e. The predicted molar refractivity (Wildman–Crippen MR) is 109 cm³/mol. The van der Waals surface area contributed by atoms with Crippen molar-refractivity contribution in [2.45, 2.75) is 56.2 Å². The number of alkyl halides is 1. The number of halogens is 1. The van der Waals surface area contributed by atoms with Crippen molar-refractivity contribution in [3.8, 4) is 0 Å². The Kier molecular flexibility index (Phi) is 5.97. The molecule has 1 aromatic rings. The van der Waals surface area contributed by atoms with Gasteiger partial charge in [-0.1, -0.05) is 25.8 Å². The number of ether oxygens (including phenoxy) is 1. The van der Waals surface area contributed by atoms with Crippen LogP contribution in [-0.2, 0) is 14.3 Å². The van der Waals surface area contributed by atoms with Crippen molar-refractivity contribution < 1.29 is 19.1 Å². The Labute approximate surface area is 179 Å². The Morgan fingerprint density at radius 3 is 2.67 bits per heavy atom. The predicted octanol–water partition coefficient (Wildman–Crippen LogP) is 1.09. The van der Waals surface area contributed by atoms with Crippen LogP contribution in [-0.4, -0.2) is 64.2 Å².